The minimum atomic E-state index is 0.759. The van der Waals surface area contributed by atoms with Crippen molar-refractivity contribution in [1.29, 1.82) is 0 Å². The van der Waals surface area contributed by atoms with Crippen molar-refractivity contribution in [3.8, 4) is 17.1 Å². The van der Waals surface area contributed by atoms with E-state index in [0.29, 0.717) is 0 Å². The van der Waals surface area contributed by atoms with Gasteiger partial charge in [-0.3, -0.25) is 4.90 Å². The first-order chi connectivity index (χ1) is 14.7. The van der Waals surface area contributed by atoms with Gasteiger partial charge in [0, 0.05) is 18.7 Å². The molecule has 1 fully saturated rings. The molecule has 2 aromatic carbocycles. The monoisotopic (exact) mass is 405 g/mol. The molecule has 0 N–H and O–H groups in total. The summed E-state index contributed by atoms with van der Waals surface area (Å²) in [5.41, 5.74) is 2.41. The van der Waals surface area contributed by atoms with E-state index >= 15 is 0 Å². The standard InChI is InChI=1S/C25H31N3O2/c1-27(17-20-6-4-3-5-7-20)18-21-12-14-28(15-13-21)19-25-26-16-24(30-25)22-8-10-23(29-2)11-9-22/h3-11,16,21H,12-15,17-19H2,1-2H3. The molecule has 0 spiro atoms. The molecule has 0 unspecified atom stereocenters. The lowest BCUT2D eigenvalue weighted by atomic mass is 9.96. The van der Waals surface area contributed by atoms with Crippen LogP contribution in [0.3, 0.4) is 0 Å². The van der Waals surface area contributed by atoms with Crippen LogP contribution in [-0.2, 0) is 13.1 Å². The molecular weight excluding hydrogens is 374 g/mol. The van der Waals surface area contributed by atoms with Crippen molar-refractivity contribution in [3.63, 3.8) is 0 Å². The number of hydrogen-bond acceptors (Lipinski definition) is 5. The summed E-state index contributed by atoms with van der Waals surface area (Å²) in [6.07, 6.45) is 4.28. The van der Waals surface area contributed by atoms with Crippen molar-refractivity contribution in [2.24, 2.45) is 5.92 Å². The van der Waals surface area contributed by atoms with Crippen LogP contribution in [0.1, 0.15) is 24.3 Å². The molecule has 158 valence electrons. The van der Waals surface area contributed by atoms with Gasteiger partial charge in [0.25, 0.3) is 0 Å². The lowest BCUT2D eigenvalue weighted by molar-refractivity contribution is 0.138. The van der Waals surface area contributed by atoms with Gasteiger partial charge >= 0.3 is 0 Å². The lowest BCUT2D eigenvalue weighted by Crippen LogP contribution is -2.37. The minimum absolute atomic E-state index is 0.759. The van der Waals surface area contributed by atoms with Crippen molar-refractivity contribution >= 4 is 0 Å². The molecule has 0 amide bonds. The van der Waals surface area contributed by atoms with Crippen molar-refractivity contribution in [1.82, 2.24) is 14.8 Å². The topological polar surface area (TPSA) is 41.7 Å². The zero-order valence-electron chi connectivity index (χ0n) is 18.0. The molecular formula is C25H31N3O2. The molecule has 30 heavy (non-hydrogen) atoms. The minimum Gasteiger partial charge on any atom is -0.497 e. The van der Waals surface area contributed by atoms with Crippen LogP contribution in [0.4, 0.5) is 0 Å². The van der Waals surface area contributed by atoms with Crippen molar-refractivity contribution in [2.75, 3.05) is 33.8 Å². The number of rotatable bonds is 8. The summed E-state index contributed by atoms with van der Waals surface area (Å²) in [6, 6.07) is 18.6. The third kappa shape index (κ3) is 5.49. The zero-order chi connectivity index (χ0) is 20.8. The van der Waals surface area contributed by atoms with Gasteiger partial charge in [0.15, 0.2) is 5.76 Å². The molecule has 0 bridgehead atoms. The van der Waals surface area contributed by atoms with E-state index in [1.165, 1.54) is 18.4 Å². The van der Waals surface area contributed by atoms with E-state index in [9.17, 15) is 0 Å². The van der Waals surface area contributed by atoms with E-state index in [0.717, 1.165) is 61.6 Å². The smallest absolute Gasteiger partial charge is 0.209 e. The van der Waals surface area contributed by atoms with Crippen LogP contribution in [0.25, 0.3) is 11.3 Å². The van der Waals surface area contributed by atoms with E-state index in [2.05, 4.69) is 52.2 Å². The molecule has 0 atom stereocenters. The molecule has 0 radical (unpaired) electrons. The van der Waals surface area contributed by atoms with Crippen molar-refractivity contribution in [2.45, 2.75) is 25.9 Å². The predicted octanol–water partition coefficient (Wildman–Crippen LogP) is 4.69. The second kappa shape index (κ2) is 9.92. The maximum absolute atomic E-state index is 6.00. The molecule has 1 aliphatic heterocycles. The van der Waals surface area contributed by atoms with Gasteiger partial charge in [-0.25, -0.2) is 4.98 Å². The van der Waals surface area contributed by atoms with Gasteiger partial charge in [-0.1, -0.05) is 30.3 Å². The van der Waals surface area contributed by atoms with Gasteiger partial charge in [-0.05, 0) is 68.7 Å². The predicted molar refractivity (Wildman–Crippen MR) is 119 cm³/mol. The van der Waals surface area contributed by atoms with Gasteiger partial charge in [0.2, 0.25) is 5.89 Å². The Balaban J connectivity index is 1.23. The Morgan fingerprint density at radius 3 is 2.50 bits per heavy atom. The van der Waals surface area contributed by atoms with Crippen LogP contribution in [0.15, 0.2) is 65.2 Å². The maximum atomic E-state index is 6.00. The van der Waals surface area contributed by atoms with Gasteiger partial charge in [0.1, 0.15) is 5.75 Å². The molecule has 3 aromatic rings. The number of oxazole rings is 1. The van der Waals surface area contributed by atoms with Gasteiger partial charge in [-0.15, -0.1) is 0 Å². The first kappa shape index (κ1) is 20.6. The highest BCUT2D eigenvalue weighted by atomic mass is 16.5. The Kier molecular flexibility index (Phi) is 6.82. The van der Waals surface area contributed by atoms with E-state index in [1.54, 1.807) is 7.11 Å². The highest BCUT2D eigenvalue weighted by Crippen LogP contribution is 2.25. The van der Waals surface area contributed by atoms with E-state index in [-0.39, 0.29) is 0 Å². The second-order valence-electron chi connectivity index (χ2n) is 8.25. The number of hydrogen-bond donors (Lipinski definition) is 0. The molecule has 1 aromatic heterocycles. The third-order valence-corrected chi connectivity index (χ3v) is 5.86. The lowest BCUT2D eigenvalue weighted by Gasteiger charge is -2.33. The molecule has 1 aliphatic rings. The Morgan fingerprint density at radius 2 is 1.80 bits per heavy atom. The van der Waals surface area contributed by atoms with E-state index in [4.69, 9.17) is 9.15 Å². The van der Waals surface area contributed by atoms with Crippen molar-refractivity contribution < 1.29 is 9.15 Å². The molecule has 0 saturated carbocycles. The number of ether oxygens (including phenoxy) is 1. The zero-order valence-corrected chi connectivity index (χ0v) is 18.0. The third-order valence-electron chi connectivity index (χ3n) is 5.86. The summed E-state index contributed by atoms with van der Waals surface area (Å²) in [7, 11) is 3.90. The summed E-state index contributed by atoms with van der Waals surface area (Å²) in [6.45, 7) is 5.16. The van der Waals surface area contributed by atoms with Crippen LogP contribution in [0.2, 0.25) is 0 Å². The molecule has 5 heteroatoms. The summed E-state index contributed by atoms with van der Waals surface area (Å²) in [5, 5.41) is 0. The molecule has 1 saturated heterocycles. The Bertz CT molecular complexity index is 900. The molecule has 5 nitrogen and oxygen atoms in total. The number of nitrogens with zero attached hydrogens (tertiary/aromatic N) is 3. The van der Waals surface area contributed by atoms with Crippen molar-refractivity contribution in [3.05, 3.63) is 72.2 Å². The van der Waals surface area contributed by atoms with Crippen LogP contribution >= 0.6 is 0 Å². The van der Waals surface area contributed by atoms with E-state index in [1.807, 2.05) is 30.5 Å². The van der Waals surface area contributed by atoms with E-state index < -0.39 is 0 Å². The largest absolute Gasteiger partial charge is 0.497 e. The average Bonchev–Trinajstić information content (AvgIpc) is 3.24. The van der Waals surface area contributed by atoms with Gasteiger partial charge in [-0.2, -0.15) is 0 Å². The summed E-state index contributed by atoms with van der Waals surface area (Å²) >= 11 is 0. The van der Waals surface area contributed by atoms with Gasteiger partial charge in [0.05, 0.1) is 19.9 Å². The molecule has 0 aliphatic carbocycles. The summed E-state index contributed by atoms with van der Waals surface area (Å²) < 4.78 is 11.2. The van der Waals surface area contributed by atoms with Crippen LogP contribution < -0.4 is 4.74 Å². The normalized spacial score (nSPS) is 15.6. The number of piperidine rings is 1. The Morgan fingerprint density at radius 1 is 1.07 bits per heavy atom. The van der Waals surface area contributed by atoms with Crippen LogP contribution in [0, 0.1) is 5.92 Å². The Labute approximate surface area is 179 Å². The van der Waals surface area contributed by atoms with Crippen LogP contribution in [-0.4, -0.2) is 48.6 Å². The SMILES string of the molecule is COc1ccc(-c2cnc(CN3CCC(CN(C)Cc4ccccc4)CC3)o2)cc1. The first-order valence-corrected chi connectivity index (χ1v) is 10.7. The number of methoxy groups -OCH3 is 1. The second-order valence-corrected chi connectivity index (χ2v) is 8.25. The molecule has 4 rings (SSSR count). The maximum Gasteiger partial charge on any atom is 0.209 e. The highest BCUT2D eigenvalue weighted by molar-refractivity contribution is 5.57. The van der Waals surface area contributed by atoms with Gasteiger partial charge < -0.3 is 14.1 Å². The average molecular weight is 406 g/mol. The fraction of sp³-hybridized carbons (Fsp3) is 0.400. The molecule has 2 heterocycles. The summed E-state index contributed by atoms with van der Waals surface area (Å²) in [4.78, 5) is 9.40. The first-order valence-electron chi connectivity index (χ1n) is 10.7. The fourth-order valence-electron chi connectivity index (χ4n) is 4.19. The number of benzene rings is 2. The van der Waals surface area contributed by atoms with Crippen LogP contribution in [0.5, 0.6) is 5.75 Å². The quantitative estimate of drug-likeness (QED) is 0.544. The Hall–Kier alpha value is -2.63. The summed E-state index contributed by atoms with van der Waals surface area (Å²) in [5.74, 6) is 3.20. The highest BCUT2D eigenvalue weighted by Gasteiger charge is 2.22. The fourth-order valence-corrected chi connectivity index (χ4v) is 4.19. The number of likely N-dealkylation sites (tertiary alicyclic amines) is 1. The number of aromatic nitrogens is 1.